The molecule has 0 bridgehead atoms. The predicted molar refractivity (Wildman–Crippen MR) is 93.2 cm³/mol. The monoisotopic (exact) mass is 454 g/mol. The number of ether oxygens (including phenoxy) is 2. The van der Waals surface area contributed by atoms with Gasteiger partial charge in [-0.1, -0.05) is 30.0 Å². The Morgan fingerprint density at radius 2 is 1.62 bits per heavy atom. The Kier molecular flexibility index (Phi) is 6.28. The van der Waals surface area contributed by atoms with Crippen molar-refractivity contribution in [3.05, 3.63) is 42.5 Å². The second-order valence-corrected chi connectivity index (χ2v) is 5.89. The molecule has 3 rings (SSSR count). The van der Waals surface area contributed by atoms with E-state index in [1.165, 1.54) is 0 Å². The van der Waals surface area contributed by atoms with E-state index in [4.69, 9.17) is 14.5 Å². The van der Waals surface area contributed by atoms with Crippen molar-refractivity contribution in [1.82, 2.24) is 4.98 Å². The highest BCUT2D eigenvalue weighted by molar-refractivity contribution is 7.98. The van der Waals surface area contributed by atoms with Crippen LogP contribution in [-0.4, -0.2) is 25.5 Å². The van der Waals surface area contributed by atoms with Gasteiger partial charge in [-0.05, 0) is 23.4 Å². The predicted octanol–water partition coefficient (Wildman–Crippen LogP) is 0.469. The molecule has 1 aromatic heterocycles. The first-order valence-electron chi connectivity index (χ1n) is 7.24. The summed E-state index contributed by atoms with van der Waals surface area (Å²) in [6.45, 7) is 0. The highest BCUT2D eigenvalue weighted by Gasteiger charge is 2.22. The van der Waals surface area contributed by atoms with Gasteiger partial charge in [0.2, 0.25) is 5.03 Å². The lowest BCUT2D eigenvalue weighted by Gasteiger charge is -2.11. The molecule has 6 heteroatoms. The molecule has 0 saturated heterocycles. The minimum absolute atomic E-state index is 0. The third kappa shape index (κ3) is 3.30. The van der Waals surface area contributed by atoms with Crippen LogP contribution in [0.25, 0.3) is 22.3 Å². The van der Waals surface area contributed by atoms with Gasteiger partial charge in [0.1, 0.15) is 5.52 Å². The topological polar surface area (TPSA) is 35.2 Å². The average Bonchev–Trinajstić information content (AvgIpc) is 2.61. The number of fused-ring (bicyclic) bond motifs is 1. The van der Waals surface area contributed by atoms with Gasteiger partial charge >= 0.3 is 5.82 Å². The maximum absolute atomic E-state index is 5.45. The van der Waals surface area contributed by atoms with Crippen molar-refractivity contribution in [3.8, 4) is 22.9 Å². The van der Waals surface area contributed by atoms with Crippen molar-refractivity contribution in [3.63, 3.8) is 0 Å². The number of methoxy groups -OCH3 is 2. The third-order valence-electron chi connectivity index (χ3n) is 3.84. The van der Waals surface area contributed by atoms with Crippen LogP contribution in [0, 0.1) is 0 Å². The van der Waals surface area contributed by atoms with Gasteiger partial charge in [0, 0.05) is 12.1 Å². The van der Waals surface area contributed by atoms with Gasteiger partial charge in [-0.25, -0.2) is 4.57 Å². The molecule has 0 N–H and O–H groups in total. The standard InChI is InChI=1S/C18H19N2O2S.HI/c1-20-14-11-16(22-3)15(21-2)10-13(14)18(23-4)19-17(20)12-8-6-5-7-9-12;/h5-11H,1-4H3;1H/q+1;/p-1. The van der Waals surface area contributed by atoms with Crippen LogP contribution in [0.4, 0.5) is 0 Å². The van der Waals surface area contributed by atoms with Crippen molar-refractivity contribution >= 4 is 22.7 Å². The largest absolute Gasteiger partial charge is 1.00 e. The zero-order valence-corrected chi connectivity index (χ0v) is 17.0. The van der Waals surface area contributed by atoms with Gasteiger partial charge in [0.05, 0.1) is 32.2 Å². The summed E-state index contributed by atoms with van der Waals surface area (Å²) in [5, 5.41) is 2.02. The molecule has 0 aliphatic rings. The highest BCUT2D eigenvalue weighted by Crippen LogP contribution is 2.35. The van der Waals surface area contributed by atoms with Gasteiger partial charge in [-0.2, -0.15) is 0 Å². The first kappa shape index (κ1) is 18.8. The number of aryl methyl sites for hydroxylation is 1. The molecular formula is C18H19IN2O2S. The zero-order valence-electron chi connectivity index (χ0n) is 14.0. The number of hydrogen-bond acceptors (Lipinski definition) is 4. The van der Waals surface area contributed by atoms with Gasteiger partial charge in [0.15, 0.2) is 11.5 Å². The van der Waals surface area contributed by atoms with E-state index in [1.54, 1.807) is 26.0 Å². The third-order valence-corrected chi connectivity index (χ3v) is 4.54. The van der Waals surface area contributed by atoms with Gasteiger partial charge in [-0.15, -0.1) is 0 Å². The molecule has 0 aliphatic heterocycles. The first-order chi connectivity index (χ1) is 11.2. The molecule has 0 spiro atoms. The van der Waals surface area contributed by atoms with Crippen molar-refractivity contribution in [2.75, 3.05) is 20.5 Å². The maximum atomic E-state index is 5.45. The summed E-state index contributed by atoms with van der Waals surface area (Å²) < 4.78 is 13.0. The smallest absolute Gasteiger partial charge is 0.331 e. The number of hydrogen-bond donors (Lipinski definition) is 0. The maximum Gasteiger partial charge on any atom is 0.331 e. The number of aromatic nitrogens is 2. The SMILES string of the molecule is COc1cc2c(SC)nc(-c3ccccc3)[n+](C)c2cc1OC.[I-]. The fourth-order valence-electron chi connectivity index (χ4n) is 2.66. The summed E-state index contributed by atoms with van der Waals surface area (Å²) >= 11 is 1.63. The van der Waals surface area contributed by atoms with Gasteiger partial charge in [-0.3, -0.25) is 0 Å². The minimum Gasteiger partial charge on any atom is -1.00 e. The Morgan fingerprint density at radius 3 is 2.21 bits per heavy atom. The highest BCUT2D eigenvalue weighted by atomic mass is 127. The van der Waals surface area contributed by atoms with Crippen molar-refractivity contribution < 1.29 is 38.0 Å². The number of rotatable bonds is 4. The van der Waals surface area contributed by atoms with Crippen LogP contribution < -0.4 is 38.0 Å². The molecule has 0 amide bonds. The summed E-state index contributed by atoms with van der Waals surface area (Å²) in [5.74, 6) is 2.35. The summed E-state index contributed by atoms with van der Waals surface area (Å²) in [7, 11) is 5.32. The van der Waals surface area contributed by atoms with Crippen molar-refractivity contribution in [2.45, 2.75) is 5.03 Å². The Morgan fingerprint density at radius 1 is 1.00 bits per heavy atom. The van der Waals surface area contributed by atoms with E-state index in [-0.39, 0.29) is 24.0 Å². The van der Waals surface area contributed by atoms with E-state index in [9.17, 15) is 0 Å². The summed E-state index contributed by atoms with van der Waals surface area (Å²) in [5.41, 5.74) is 2.14. The summed E-state index contributed by atoms with van der Waals surface area (Å²) in [6, 6.07) is 14.2. The number of thioether (sulfide) groups is 1. The van der Waals surface area contributed by atoms with Crippen LogP contribution in [0.2, 0.25) is 0 Å². The average molecular weight is 454 g/mol. The molecule has 24 heavy (non-hydrogen) atoms. The van der Waals surface area contributed by atoms with Crippen LogP contribution in [0.15, 0.2) is 47.5 Å². The fourth-order valence-corrected chi connectivity index (χ4v) is 3.22. The molecule has 4 nitrogen and oxygen atoms in total. The summed E-state index contributed by atoms with van der Waals surface area (Å²) in [6.07, 6.45) is 2.03. The van der Waals surface area contributed by atoms with E-state index in [0.29, 0.717) is 11.5 Å². The summed E-state index contributed by atoms with van der Waals surface area (Å²) in [4.78, 5) is 4.85. The van der Waals surface area contributed by atoms with Gasteiger partial charge in [0.25, 0.3) is 0 Å². The molecule has 0 radical (unpaired) electrons. The normalized spacial score (nSPS) is 10.3. The van der Waals surface area contributed by atoms with E-state index in [2.05, 4.69) is 16.7 Å². The number of nitrogens with zero attached hydrogens (tertiary/aromatic N) is 2. The lowest BCUT2D eigenvalue weighted by Crippen LogP contribution is -3.00. The molecule has 3 aromatic rings. The van der Waals surface area contributed by atoms with Crippen LogP contribution in [0.1, 0.15) is 0 Å². The minimum atomic E-state index is 0. The molecule has 0 unspecified atom stereocenters. The van der Waals surface area contributed by atoms with Crippen LogP contribution in [-0.2, 0) is 7.05 Å². The molecule has 0 atom stereocenters. The number of halogens is 1. The van der Waals surface area contributed by atoms with E-state index in [0.717, 1.165) is 27.3 Å². The van der Waals surface area contributed by atoms with Crippen LogP contribution >= 0.6 is 11.8 Å². The second-order valence-electron chi connectivity index (χ2n) is 5.09. The first-order valence-corrected chi connectivity index (χ1v) is 8.47. The van der Waals surface area contributed by atoms with Crippen molar-refractivity contribution in [1.29, 1.82) is 0 Å². The molecule has 1 heterocycles. The zero-order chi connectivity index (χ0) is 16.4. The van der Waals surface area contributed by atoms with E-state index < -0.39 is 0 Å². The molecule has 2 aromatic carbocycles. The lowest BCUT2D eigenvalue weighted by molar-refractivity contribution is -0.636. The lowest BCUT2D eigenvalue weighted by atomic mass is 10.1. The molecule has 0 aliphatic carbocycles. The fraction of sp³-hybridized carbons (Fsp3) is 0.222. The molecule has 0 saturated carbocycles. The molecular weight excluding hydrogens is 435 g/mol. The quantitative estimate of drug-likeness (QED) is 0.249. The Hall–Kier alpha value is -1.54. The van der Waals surface area contributed by atoms with Gasteiger partial charge < -0.3 is 33.5 Å². The number of benzene rings is 2. The van der Waals surface area contributed by atoms with Crippen LogP contribution in [0.3, 0.4) is 0 Å². The Balaban J connectivity index is 0.00000208. The second kappa shape index (κ2) is 8.02. The molecule has 0 fully saturated rings. The molecule has 126 valence electrons. The van der Waals surface area contributed by atoms with Crippen LogP contribution in [0.5, 0.6) is 11.5 Å². The van der Waals surface area contributed by atoms with E-state index >= 15 is 0 Å². The Labute approximate surface area is 163 Å². The Bertz CT molecular complexity index is 857. The van der Waals surface area contributed by atoms with E-state index in [1.807, 2.05) is 43.6 Å². The van der Waals surface area contributed by atoms with Crippen molar-refractivity contribution in [2.24, 2.45) is 7.05 Å².